The molecule has 0 aliphatic heterocycles. The van der Waals surface area contributed by atoms with Crippen molar-refractivity contribution in [3.63, 3.8) is 0 Å². The van der Waals surface area contributed by atoms with E-state index in [4.69, 9.17) is 0 Å². The summed E-state index contributed by atoms with van der Waals surface area (Å²) in [5.74, 6) is 0.0270. The smallest absolute Gasteiger partial charge is 0.0867 e. The number of hydrogen-bond acceptors (Lipinski definition) is 1. The first-order valence-corrected chi connectivity index (χ1v) is 11.1. The molecule has 0 amide bonds. The van der Waals surface area contributed by atoms with Crippen LogP contribution in [0.25, 0.3) is 0 Å². The van der Waals surface area contributed by atoms with Crippen LogP contribution in [0.15, 0.2) is 75.3 Å². The van der Waals surface area contributed by atoms with Gasteiger partial charge >= 0.3 is 0 Å². The second-order valence-electron chi connectivity index (χ2n) is 7.46. The summed E-state index contributed by atoms with van der Waals surface area (Å²) in [4.78, 5) is 0. The van der Waals surface area contributed by atoms with Gasteiger partial charge in [-0.3, -0.25) is 0 Å². The van der Waals surface area contributed by atoms with E-state index < -0.39 is 6.10 Å². The number of aliphatic hydroxyl groups is 1. The Labute approximate surface area is 172 Å². The molecule has 3 rings (SSSR count). The van der Waals surface area contributed by atoms with Crippen molar-refractivity contribution >= 4 is 15.9 Å². The maximum absolute atomic E-state index is 11.5. The van der Waals surface area contributed by atoms with E-state index in [0.29, 0.717) is 0 Å². The molecular formula is C25H31BrO. The minimum atomic E-state index is -0.531. The Hall–Kier alpha value is -1.38. The summed E-state index contributed by atoms with van der Waals surface area (Å²) in [6, 6.07) is 8.11. The van der Waals surface area contributed by atoms with E-state index in [1.54, 1.807) is 0 Å². The van der Waals surface area contributed by atoms with Crippen LogP contribution in [0.3, 0.4) is 0 Å². The summed E-state index contributed by atoms with van der Waals surface area (Å²) in [5.41, 5.74) is 6.90. The lowest BCUT2D eigenvalue weighted by Gasteiger charge is -2.43. The zero-order chi connectivity index (χ0) is 19.6. The fraction of sp³-hybridized carbons (Fsp3) is 0.440. The van der Waals surface area contributed by atoms with E-state index in [1.165, 1.54) is 22.3 Å². The van der Waals surface area contributed by atoms with Crippen LogP contribution in [0, 0.1) is 11.3 Å². The highest BCUT2D eigenvalue weighted by atomic mass is 79.9. The minimum absolute atomic E-state index is 0.0270. The number of allylic oxidation sites excluding steroid dienone is 7. The molecule has 2 aliphatic rings. The highest BCUT2D eigenvalue weighted by Gasteiger charge is 2.50. The molecule has 0 saturated carbocycles. The Bertz CT molecular complexity index is 779. The van der Waals surface area contributed by atoms with Gasteiger partial charge in [0.1, 0.15) is 0 Å². The van der Waals surface area contributed by atoms with Crippen molar-refractivity contribution < 1.29 is 5.11 Å². The van der Waals surface area contributed by atoms with Gasteiger partial charge in [0.25, 0.3) is 0 Å². The van der Waals surface area contributed by atoms with Gasteiger partial charge in [0, 0.05) is 15.8 Å². The van der Waals surface area contributed by atoms with E-state index >= 15 is 0 Å². The summed E-state index contributed by atoms with van der Waals surface area (Å²) in [5, 5.41) is 11.5. The third-order valence-corrected chi connectivity index (χ3v) is 6.90. The van der Waals surface area contributed by atoms with Crippen LogP contribution >= 0.6 is 15.9 Å². The SMILES string of the molecule is CCC1=C(CC)C2(C=CC=CC2C(O)c2ccc(Br)cc2)C(CC)=C1CC. The van der Waals surface area contributed by atoms with Crippen LogP contribution in [0.4, 0.5) is 0 Å². The third kappa shape index (κ3) is 3.21. The molecule has 27 heavy (non-hydrogen) atoms. The molecule has 0 aromatic heterocycles. The molecule has 144 valence electrons. The molecule has 1 N–H and O–H groups in total. The first kappa shape index (κ1) is 20.4. The largest absolute Gasteiger partial charge is 0.388 e. The van der Waals surface area contributed by atoms with Crippen LogP contribution < -0.4 is 0 Å². The minimum Gasteiger partial charge on any atom is -0.388 e. The quantitative estimate of drug-likeness (QED) is 0.500. The lowest BCUT2D eigenvalue weighted by atomic mass is 9.61. The Kier molecular flexibility index (Phi) is 6.28. The topological polar surface area (TPSA) is 20.2 Å². The van der Waals surface area contributed by atoms with Gasteiger partial charge in [0.05, 0.1) is 6.10 Å². The van der Waals surface area contributed by atoms with Gasteiger partial charge in [-0.05, 0) is 54.5 Å². The maximum atomic E-state index is 11.5. The molecule has 2 atom stereocenters. The molecule has 1 aromatic carbocycles. The third-order valence-electron chi connectivity index (χ3n) is 6.37. The highest BCUT2D eigenvalue weighted by Crippen LogP contribution is 2.60. The highest BCUT2D eigenvalue weighted by molar-refractivity contribution is 9.10. The van der Waals surface area contributed by atoms with Crippen LogP contribution in [-0.2, 0) is 0 Å². The Morgan fingerprint density at radius 3 is 1.93 bits per heavy atom. The fourth-order valence-corrected chi connectivity index (χ4v) is 5.65. The van der Waals surface area contributed by atoms with Gasteiger partial charge in [-0.25, -0.2) is 0 Å². The average molecular weight is 427 g/mol. The number of benzene rings is 1. The summed E-state index contributed by atoms with van der Waals surface area (Å²) < 4.78 is 1.04. The summed E-state index contributed by atoms with van der Waals surface area (Å²) in [6.45, 7) is 9.09. The van der Waals surface area contributed by atoms with Gasteiger partial charge in [0.2, 0.25) is 0 Å². The van der Waals surface area contributed by atoms with E-state index in [2.05, 4.69) is 67.9 Å². The second kappa shape index (κ2) is 8.32. The van der Waals surface area contributed by atoms with E-state index in [-0.39, 0.29) is 11.3 Å². The van der Waals surface area contributed by atoms with Gasteiger partial charge < -0.3 is 5.11 Å². The number of rotatable bonds is 6. The van der Waals surface area contributed by atoms with Crippen molar-refractivity contribution in [2.75, 3.05) is 0 Å². The first-order chi connectivity index (χ1) is 13.0. The second-order valence-corrected chi connectivity index (χ2v) is 8.38. The van der Waals surface area contributed by atoms with Crippen molar-refractivity contribution in [1.29, 1.82) is 0 Å². The first-order valence-electron chi connectivity index (χ1n) is 10.3. The molecule has 0 fully saturated rings. The lowest BCUT2D eigenvalue weighted by Crippen LogP contribution is -2.35. The van der Waals surface area contributed by atoms with Gasteiger partial charge in [-0.15, -0.1) is 0 Å². The Morgan fingerprint density at radius 2 is 1.44 bits per heavy atom. The van der Waals surface area contributed by atoms with Gasteiger partial charge in [-0.1, -0.05) is 91.2 Å². The predicted molar refractivity (Wildman–Crippen MR) is 119 cm³/mol. The predicted octanol–water partition coefficient (Wildman–Crippen LogP) is 7.46. The molecule has 1 nitrogen and oxygen atoms in total. The monoisotopic (exact) mass is 426 g/mol. The Morgan fingerprint density at radius 1 is 0.889 bits per heavy atom. The summed E-state index contributed by atoms with van der Waals surface area (Å²) >= 11 is 3.50. The summed E-state index contributed by atoms with van der Waals surface area (Å²) in [6.07, 6.45) is 12.5. The fourth-order valence-electron chi connectivity index (χ4n) is 5.39. The van der Waals surface area contributed by atoms with Crippen LogP contribution in [-0.4, -0.2) is 5.11 Å². The van der Waals surface area contributed by atoms with Crippen molar-refractivity contribution in [2.45, 2.75) is 59.5 Å². The molecule has 1 aromatic rings. The molecule has 0 bridgehead atoms. The van der Waals surface area contributed by atoms with Gasteiger partial charge in [0.15, 0.2) is 0 Å². The zero-order valence-corrected chi connectivity index (χ0v) is 18.5. The summed E-state index contributed by atoms with van der Waals surface area (Å²) in [7, 11) is 0. The lowest BCUT2D eigenvalue weighted by molar-refractivity contribution is 0.0928. The molecule has 0 radical (unpaired) electrons. The normalized spacial score (nSPS) is 22.2. The number of aliphatic hydroxyl groups excluding tert-OH is 1. The van der Waals surface area contributed by atoms with Crippen molar-refractivity contribution in [3.05, 3.63) is 80.9 Å². The molecule has 2 aliphatic carbocycles. The van der Waals surface area contributed by atoms with Crippen molar-refractivity contribution in [1.82, 2.24) is 0 Å². The maximum Gasteiger partial charge on any atom is 0.0867 e. The van der Waals surface area contributed by atoms with Crippen LogP contribution in [0.1, 0.15) is 65.0 Å². The average Bonchev–Trinajstić information content (AvgIpc) is 2.96. The molecule has 2 heteroatoms. The number of halogens is 1. The molecule has 0 heterocycles. The van der Waals surface area contributed by atoms with Gasteiger partial charge in [-0.2, -0.15) is 0 Å². The number of hydrogen-bond donors (Lipinski definition) is 1. The van der Waals surface area contributed by atoms with E-state index in [0.717, 1.165) is 35.7 Å². The Balaban J connectivity index is 2.19. The molecule has 2 unspecified atom stereocenters. The molecule has 0 saturated heterocycles. The molecular weight excluding hydrogens is 396 g/mol. The standard InChI is InChI=1S/C25H31BrO/c1-5-19-20(6-2)22(8-4)25(21(19)7-3)16-10-9-11-23(25)24(27)17-12-14-18(26)15-13-17/h9-16,23-24,27H,5-8H2,1-4H3. The van der Waals surface area contributed by atoms with Crippen LogP contribution in [0.5, 0.6) is 0 Å². The van der Waals surface area contributed by atoms with Crippen LogP contribution in [0.2, 0.25) is 0 Å². The zero-order valence-electron chi connectivity index (χ0n) is 16.9. The van der Waals surface area contributed by atoms with Crippen molar-refractivity contribution in [3.8, 4) is 0 Å². The molecule has 1 spiro atoms. The van der Waals surface area contributed by atoms with Crippen molar-refractivity contribution in [2.24, 2.45) is 11.3 Å². The van der Waals surface area contributed by atoms with E-state index in [1.807, 2.05) is 24.3 Å². The van der Waals surface area contributed by atoms with E-state index in [9.17, 15) is 5.11 Å².